The van der Waals surface area contributed by atoms with Gasteiger partial charge in [-0.25, -0.2) is 0 Å². The van der Waals surface area contributed by atoms with Crippen molar-refractivity contribution in [2.45, 2.75) is 19.8 Å². The van der Waals surface area contributed by atoms with E-state index in [4.69, 9.17) is 0 Å². The van der Waals surface area contributed by atoms with Crippen LogP contribution in [0.3, 0.4) is 0 Å². The molecule has 0 aromatic carbocycles. The first kappa shape index (κ1) is 14.6. The molecule has 0 bridgehead atoms. The van der Waals surface area contributed by atoms with Crippen LogP contribution >= 0.6 is 15.9 Å². The van der Waals surface area contributed by atoms with E-state index in [0.29, 0.717) is 5.92 Å². The molecule has 1 aliphatic rings. The first-order chi connectivity index (χ1) is 9.11. The van der Waals surface area contributed by atoms with E-state index in [1.165, 1.54) is 0 Å². The van der Waals surface area contributed by atoms with Crippen molar-refractivity contribution in [3.63, 3.8) is 0 Å². The summed E-state index contributed by atoms with van der Waals surface area (Å²) in [5.41, 5.74) is 0.761. The second-order valence-electron chi connectivity index (χ2n) is 5.20. The lowest BCUT2D eigenvalue weighted by Gasteiger charge is -2.32. The molecule has 1 saturated heterocycles. The molecule has 0 unspecified atom stereocenters. The molecule has 2 rings (SSSR count). The normalized spacial score (nSPS) is 16.9. The van der Waals surface area contributed by atoms with Gasteiger partial charge in [0.1, 0.15) is 5.69 Å². The summed E-state index contributed by atoms with van der Waals surface area (Å²) in [7, 11) is 1.91. The van der Waals surface area contributed by atoms with E-state index in [1.807, 2.05) is 28.8 Å². The van der Waals surface area contributed by atoms with Gasteiger partial charge in [-0.3, -0.25) is 4.79 Å². The number of hydrogen-bond acceptors (Lipinski definition) is 2. The molecule has 106 valence electrons. The number of rotatable bonds is 4. The van der Waals surface area contributed by atoms with E-state index in [1.54, 1.807) is 0 Å². The van der Waals surface area contributed by atoms with Crippen molar-refractivity contribution < 1.29 is 4.79 Å². The number of carbonyl (C=O) groups is 1. The Morgan fingerprint density at radius 3 is 2.68 bits per heavy atom. The maximum absolute atomic E-state index is 12.4. The number of amides is 1. The first-order valence-electron chi connectivity index (χ1n) is 6.93. The highest BCUT2D eigenvalue weighted by molar-refractivity contribution is 9.10. The van der Waals surface area contributed by atoms with Gasteiger partial charge < -0.3 is 14.8 Å². The topological polar surface area (TPSA) is 37.3 Å². The molecule has 0 saturated carbocycles. The molecule has 1 fully saturated rings. The van der Waals surface area contributed by atoms with Crippen molar-refractivity contribution >= 4 is 21.8 Å². The average molecular weight is 328 g/mol. The van der Waals surface area contributed by atoms with E-state index >= 15 is 0 Å². The quantitative estimate of drug-likeness (QED) is 0.920. The zero-order chi connectivity index (χ0) is 13.8. The molecule has 19 heavy (non-hydrogen) atoms. The number of nitrogens with zero attached hydrogens (tertiary/aromatic N) is 2. The molecule has 2 heterocycles. The SMILES string of the molecule is CCNCC1CCN(C(=O)c2cc(Br)cn2C)CC1. The van der Waals surface area contributed by atoms with Gasteiger partial charge in [0.15, 0.2) is 0 Å². The van der Waals surface area contributed by atoms with Crippen LogP contribution in [-0.4, -0.2) is 41.6 Å². The number of halogens is 1. The van der Waals surface area contributed by atoms with Gasteiger partial charge in [0.25, 0.3) is 5.91 Å². The highest BCUT2D eigenvalue weighted by atomic mass is 79.9. The van der Waals surface area contributed by atoms with Crippen molar-refractivity contribution in [1.82, 2.24) is 14.8 Å². The highest BCUT2D eigenvalue weighted by Crippen LogP contribution is 2.20. The lowest BCUT2D eigenvalue weighted by atomic mass is 9.96. The number of aromatic nitrogens is 1. The van der Waals surface area contributed by atoms with Crippen molar-refractivity contribution in [3.8, 4) is 0 Å². The minimum Gasteiger partial charge on any atom is -0.345 e. The zero-order valence-electron chi connectivity index (χ0n) is 11.7. The highest BCUT2D eigenvalue weighted by Gasteiger charge is 2.24. The summed E-state index contributed by atoms with van der Waals surface area (Å²) in [4.78, 5) is 14.4. The number of aryl methyl sites for hydroxylation is 1. The molecule has 1 aromatic heterocycles. The molecule has 0 radical (unpaired) electrons. The maximum Gasteiger partial charge on any atom is 0.270 e. The predicted molar refractivity (Wildman–Crippen MR) is 80.3 cm³/mol. The molecule has 1 N–H and O–H groups in total. The van der Waals surface area contributed by atoms with Gasteiger partial charge in [-0.15, -0.1) is 0 Å². The average Bonchev–Trinajstić information content (AvgIpc) is 2.75. The smallest absolute Gasteiger partial charge is 0.270 e. The van der Waals surface area contributed by atoms with Gasteiger partial charge in [-0.2, -0.15) is 0 Å². The Bertz CT molecular complexity index is 436. The maximum atomic E-state index is 12.4. The molecule has 0 spiro atoms. The number of hydrogen-bond donors (Lipinski definition) is 1. The molecule has 5 heteroatoms. The summed E-state index contributed by atoms with van der Waals surface area (Å²) in [6.07, 6.45) is 4.12. The largest absolute Gasteiger partial charge is 0.345 e. The molecule has 1 aromatic rings. The first-order valence-corrected chi connectivity index (χ1v) is 7.73. The van der Waals surface area contributed by atoms with Crippen LogP contribution in [0.15, 0.2) is 16.7 Å². The fraction of sp³-hybridized carbons (Fsp3) is 0.643. The Morgan fingerprint density at radius 2 is 2.16 bits per heavy atom. The molecule has 4 nitrogen and oxygen atoms in total. The third-order valence-electron chi connectivity index (χ3n) is 3.78. The van der Waals surface area contributed by atoms with Crippen LogP contribution in [0.2, 0.25) is 0 Å². The molecule has 0 atom stereocenters. The van der Waals surface area contributed by atoms with E-state index < -0.39 is 0 Å². The van der Waals surface area contributed by atoms with Crippen LogP contribution in [0.4, 0.5) is 0 Å². The number of piperidine rings is 1. The number of likely N-dealkylation sites (tertiary alicyclic amines) is 1. The van der Waals surface area contributed by atoms with Crippen LogP contribution in [0.5, 0.6) is 0 Å². The Morgan fingerprint density at radius 1 is 1.47 bits per heavy atom. The zero-order valence-corrected chi connectivity index (χ0v) is 13.2. The van der Waals surface area contributed by atoms with Gasteiger partial charge in [0, 0.05) is 30.8 Å². The Balaban J connectivity index is 1.91. The minimum atomic E-state index is 0.148. The molecule has 1 aliphatic heterocycles. The standard InChI is InChI=1S/C14H22BrN3O/c1-3-16-9-11-4-6-18(7-5-11)14(19)13-8-12(15)10-17(13)2/h8,10-11,16H,3-7,9H2,1-2H3. The second-order valence-corrected chi connectivity index (χ2v) is 6.11. The van der Waals surface area contributed by atoms with Crippen LogP contribution in [0, 0.1) is 5.92 Å². The number of carbonyl (C=O) groups excluding carboxylic acids is 1. The summed E-state index contributed by atoms with van der Waals surface area (Å²) in [6.45, 7) is 5.98. The lowest BCUT2D eigenvalue weighted by molar-refractivity contribution is 0.0680. The Kier molecular flexibility index (Phi) is 5.05. The van der Waals surface area contributed by atoms with Crippen molar-refractivity contribution in [2.24, 2.45) is 13.0 Å². The van der Waals surface area contributed by atoms with Gasteiger partial charge >= 0.3 is 0 Å². The monoisotopic (exact) mass is 327 g/mol. The van der Waals surface area contributed by atoms with Crippen molar-refractivity contribution in [1.29, 1.82) is 0 Å². The van der Waals surface area contributed by atoms with Gasteiger partial charge in [-0.1, -0.05) is 6.92 Å². The summed E-state index contributed by atoms with van der Waals surface area (Å²) >= 11 is 3.41. The van der Waals surface area contributed by atoms with E-state index in [0.717, 1.165) is 49.2 Å². The molecule has 1 amide bonds. The van der Waals surface area contributed by atoms with Crippen LogP contribution in [-0.2, 0) is 7.05 Å². The fourth-order valence-corrected chi connectivity index (χ4v) is 3.11. The molecular weight excluding hydrogens is 306 g/mol. The minimum absolute atomic E-state index is 0.148. The van der Waals surface area contributed by atoms with Crippen LogP contribution in [0.1, 0.15) is 30.3 Å². The Hall–Kier alpha value is -0.810. The second kappa shape index (κ2) is 6.57. The third kappa shape index (κ3) is 3.60. The molecular formula is C14H22BrN3O. The summed E-state index contributed by atoms with van der Waals surface area (Å²) in [5, 5.41) is 3.39. The van der Waals surface area contributed by atoms with Gasteiger partial charge in [0.05, 0.1) is 0 Å². The van der Waals surface area contributed by atoms with E-state index in [-0.39, 0.29) is 5.91 Å². The number of nitrogens with one attached hydrogen (secondary N) is 1. The summed E-state index contributed by atoms with van der Waals surface area (Å²) in [5.74, 6) is 0.860. The fourth-order valence-electron chi connectivity index (χ4n) is 2.59. The van der Waals surface area contributed by atoms with E-state index in [2.05, 4.69) is 28.2 Å². The molecule has 0 aliphatic carbocycles. The van der Waals surface area contributed by atoms with Crippen LogP contribution < -0.4 is 5.32 Å². The predicted octanol–water partition coefficient (Wildman–Crippen LogP) is 2.25. The summed E-state index contributed by atoms with van der Waals surface area (Å²) in [6, 6.07) is 1.90. The van der Waals surface area contributed by atoms with Crippen molar-refractivity contribution in [2.75, 3.05) is 26.2 Å². The van der Waals surface area contributed by atoms with Crippen molar-refractivity contribution in [3.05, 3.63) is 22.4 Å². The third-order valence-corrected chi connectivity index (χ3v) is 4.21. The van der Waals surface area contributed by atoms with Gasteiger partial charge in [0.2, 0.25) is 0 Å². The van der Waals surface area contributed by atoms with Crippen LogP contribution in [0.25, 0.3) is 0 Å². The lowest BCUT2D eigenvalue weighted by Crippen LogP contribution is -2.41. The Labute approximate surface area is 123 Å². The van der Waals surface area contributed by atoms with E-state index in [9.17, 15) is 4.79 Å². The van der Waals surface area contributed by atoms with Gasteiger partial charge in [-0.05, 0) is 53.8 Å². The summed E-state index contributed by atoms with van der Waals surface area (Å²) < 4.78 is 2.84.